The van der Waals surface area contributed by atoms with E-state index in [2.05, 4.69) is 20.0 Å². The molecule has 1 aromatic heterocycles. The van der Waals surface area contributed by atoms with Crippen molar-refractivity contribution < 1.29 is 14.1 Å². The number of carbonyl (C=O) groups is 1. The summed E-state index contributed by atoms with van der Waals surface area (Å²) in [5.74, 6) is 0.716. The second-order valence-electron chi connectivity index (χ2n) is 4.86. The van der Waals surface area contributed by atoms with Crippen LogP contribution >= 0.6 is 0 Å². The van der Waals surface area contributed by atoms with E-state index in [0.717, 1.165) is 38.6 Å². The normalized spacial score (nSPS) is 23.2. The molecule has 1 aliphatic carbocycles. The van der Waals surface area contributed by atoms with Gasteiger partial charge in [-0.2, -0.15) is 4.98 Å². The number of hydrogen-bond donors (Lipinski definition) is 1. The number of carbonyl (C=O) groups excluding carboxylic acids is 1. The molecule has 1 aromatic rings. The van der Waals surface area contributed by atoms with Gasteiger partial charge in [0.1, 0.15) is 0 Å². The van der Waals surface area contributed by atoms with Crippen LogP contribution in [0.15, 0.2) is 10.9 Å². The van der Waals surface area contributed by atoms with Gasteiger partial charge in [0.15, 0.2) is 5.82 Å². The van der Waals surface area contributed by atoms with Gasteiger partial charge < -0.3 is 14.6 Å². The van der Waals surface area contributed by atoms with E-state index in [0.29, 0.717) is 18.5 Å². The zero-order valence-electron chi connectivity index (χ0n) is 11.3. The molecule has 0 amide bonds. The number of nitrogens with one attached hydrogen (secondary N) is 1. The summed E-state index contributed by atoms with van der Waals surface area (Å²) in [5, 5.41) is 7.22. The molecule has 0 aliphatic heterocycles. The van der Waals surface area contributed by atoms with Crippen LogP contribution < -0.4 is 5.32 Å². The van der Waals surface area contributed by atoms with Gasteiger partial charge in [-0.15, -0.1) is 0 Å². The van der Waals surface area contributed by atoms with E-state index in [4.69, 9.17) is 4.74 Å². The molecule has 2 atom stereocenters. The molecule has 0 bridgehead atoms. The second-order valence-corrected chi connectivity index (χ2v) is 4.86. The van der Waals surface area contributed by atoms with E-state index in [1.807, 2.05) is 6.92 Å². The van der Waals surface area contributed by atoms with E-state index in [-0.39, 0.29) is 11.9 Å². The Balaban J connectivity index is 1.70. The summed E-state index contributed by atoms with van der Waals surface area (Å²) in [7, 11) is 0. The highest BCUT2D eigenvalue weighted by Crippen LogP contribution is 2.25. The predicted octanol–water partition coefficient (Wildman–Crippen LogP) is 1.32. The van der Waals surface area contributed by atoms with Crippen molar-refractivity contribution in [3.05, 3.63) is 12.2 Å². The minimum absolute atomic E-state index is 0.0489. The Hall–Kier alpha value is -1.43. The van der Waals surface area contributed by atoms with Gasteiger partial charge in [-0.25, -0.2) is 0 Å². The first-order valence-corrected chi connectivity index (χ1v) is 6.95. The largest absolute Gasteiger partial charge is 0.466 e. The third-order valence-electron chi connectivity index (χ3n) is 3.48. The van der Waals surface area contributed by atoms with Crippen molar-refractivity contribution in [3.8, 4) is 0 Å². The lowest BCUT2D eigenvalue weighted by Crippen LogP contribution is -2.38. The Bertz CT molecular complexity index is 380. The first-order chi connectivity index (χ1) is 9.29. The first-order valence-electron chi connectivity index (χ1n) is 6.95. The highest BCUT2D eigenvalue weighted by atomic mass is 16.5. The fourth-order valence-corrected chi connectivity index (χ4v) is 2.54. The van der Waals surface area contributed by atoms with Gasteiger partial charge in [0.2, 0.25) is 6.39 Å². The van der Waals surface area contributed by atoms with E-state index >= 15 is 0 Å². The Morgan fingerprint density at radius 2 is 2.47 bits per heavy atom. The predicted molar refractivity (Wildman–Crippen MR) is 68.4 cm³/mol. The number of nitrogens with zero attached hydrogens (tertiary/aromatic N) is 2. The lowest BCUT2D eigenvalue weighted by Gasteiger charge is -2.28. The first kappa shape index (κ1) is 14.0. The summed E-state index contributed by atoms with van der Waals surface area (Å²) in [5.41, 5.74) is 0. The summed E-state index contributed by atoms with van der Waals surface area (Å²) >= 11 is 0. The van der Waals surface area contributed by atoms with Crippen LogP contribution in [0.5, 0.6) is 0 Å². The third kappa shape index (κ3) is 4.31. The van der Waals surface area contributed by atoms with Crippen LogP contribution in [0.1, 0.15) is 38.4 Å². The standard InChI is InChI=1S/C13H21N3O3/c1-2-18-13(17)10-4-3-5-11(8-10)14-7-6-12-15-9-19-16-12/h9-11,14H,2-8H2,1H3. The molecule has 6 heteroatoms. The average molecular weight is 267 g/mol. The molecule has 0 spiro atoms. The van der Waals surface area contributed by atoms with Crippen LogP contribution in [0.4, 0.5) is 0 Å². The topological polar surface area (TPSA) is 77.2 Å². The Morgan fingerprint density at radius 1 is 1.58 bits per heavy atom. The van der Waals surface area contributed by atoms with E-state index < -0.39 is 0 Å². The van der Waals surface area contributed by atoms with Gasteiger partial charge >= 0.3 is 5.97 Å². The molecule has 6 nitrogen and oxygen atoms in total. The van der Waals surface area contributed by atoms with Crippen LogP contribution in [0.25, 0.3) is 0 Å². The summed E-state index contributed by atoms with van der Waals surface area (Å²) in [6.45, 7) is 3.12. The van der Waals surface area contributed by atoms with Gasteiger partial charge in [0.05, 0.1) is 12.5 Å². The number of hydrogen-bond acceptors (Lipinski definition) is 6. The number of ether oxygens (including phenoxy) is 1. The fraction of sp³-hybridized carbons (Fsp3) is 0.769. The van der Waals surface area contributed by atoms with Gasteiger partial charge in [0, 0.05) is 19.0 Å². The summed E-state index contributed by atoms with van der Waals surface area (Å²) in [6, 6.07) is 0.384. The third-order valence-corrected chi connectivity index (χ3v) is 3.48. The van der Waals surface area contributed by atoms with Crippen molar-refractivity contribution in [2.24, 2.45) is 5.92 Å². The number of esters is 1. The molecule has 1 N–H and O–H groups in total. The minimum Gasteiger partial charge on any atom is -0.466 e. The molecule has 0 saturated heterocycles. The Morgan fingerprint density at radius 3 is 3.21 bits per heavy atom. The van der Waals surface area contributed by atoms with Crippen molar-refractivity contribution in [2.75, 3.05) is 13.2 Å². The summed E-state index contributed by atoms with van der Waals surface area (Å²) in [4.78, 5) is 15.7. The molecule has 1 fully saturated rings. The lowest BCUT2D eigenvalue weighted by molar-refractivity contribution is -0.149. The minimum atomic E-state index is -0.0489. The molecule has 2 rings (SSSR count). The molecular weight excluding hydrogens is 246 g/mol. The van der Waals surface area contributed by atoms with E-state index in [1.165, 1.54) is 6.39 Å². The zero-order chi connectivity index (χ0) is 13.5. The molecule has 0 radical (unpaired) electrons. The Kier molecular flexibility index (Phi) is 5.32. The molecule has 1 heterocycles. The maximum Gasteiger partial charge on any atom is 0.308 e. The van der Waals surface area contributed by atoms with E-state index in [9.17, 15) is 4.79 Å². The molecule has 0 aromatic carbocycles. The highest BCUT2D eigenvalue weighted by Gasteiger charge is 2.27. The molecule has 106 valence electrons. The number of rotatable bonds is 6. The fourth-order valence-electron chi connectivity index (χ4n) is 2.54. The molecule has 19 heavy (non-hydrogen) atoms. The molecule has 1 saturated carbocycles. The number of aromatic nitrogens is 2. The van der Waals surface area contributed by atoms with Gasteiger partial charge in [-0.1, -0.05) is 11.6 Å². The molecule has 2 unspecified atom stereocenters. The van der Waals surface area contributed by atoms with Crippen molar-refractivity contribution in [1.82, 2.24) is 15.5 Å². The Labute approximate surface area is 112 Å². The maximum absolute atomic E-state index is 11.7. The second kappa shape index (κ2) is 7.23. The quantitative estimate of drug-likeness (QED) is 0.783. The van der Waals surface area contributed by atoms with Crippen molar-refractivity contribution in [1.29, 1.82) is 0 Å². The zero-order valence-corrected chi connectivity index (χ0v) is 11.3. The summed E-state index contributed by atoms with van der Waals surface area (Å²) < 4.78 is 9.78. The molecular formula is C13H21N3O3. The maximum atomic E-state index is 11.7. The van der Waals surface area contributed by atoms with Crippen LogP contribution in [0, 0.1) is 5.92 Å². The van der Waals surface area contributed by atoms with Crippen molar-refractivity contribution >= 4 is 5.97 Å². The van der Waals surface area contributed by atoms with Crippen LogP contribution in [0.2, 0.25) is 0 Å². The van der Waals surface area contributed by atoms with Crippen molar-refractivity contribution in [3.63, 3.8) is 0 Å². The average Bonchev–Trinajstić information content (AvgIpc) is 2.93. The van der Waals surface area contributed by atoms with Crippen molar-refractivity contribution in [2.45, 2.75) is 45.1 Å². The molecule has 1 aliphatic rings. The van der Waals surface area contributed by atoms with Gasteiger partial charge in [-0.3, -0.25) is 4.79 Å². The lowest BCUT2D eigenvalue weighted by atomic mass is 9.85. The smallest absolute Gasteiger partial charge is 0.308 e. The summed E-state index contributed by atoms with van der Waals surface area (Å²) in [6.07, 6.45) is 6.09. The highest BCUT2D eigenvalue weighted by molar-refractivity contribution is 5.72. The SMILES string of the molecule is CCOC(=O)C1CCCC(NCCc2ncon2)C1. The van der Waals surface area contributed by atoms with Gasteiger partial charge in [0.25, 0.3) is 0 Å². The van der Waals surface area contributed by atoms with Gasteiger partial charge in [-0.05, 0) is 26.2 Å². The van der Waals surface area contributed by atoms with Crippen LogP contribution in [0.3, 0.4) is 0 Å². The monoisotopic (exact) mass is 267 g/mol. The van der Waals surface area contributed by atoms with Crippen LogP contribution in [-0.4, -0.2) is 35.3 Å². The van der Waals surface area contributed by atoms with Crippen LogP contribution in [-0.2, 0) is 16.0 Å². The van der Waals surface area contributed by atoms with E-state index in [1.54, 1.807) is 0 Å².